The van der Waals surface area contributed by atoms with Gasteiger partial charge in [0.05, 0.1) is 0 Å². The molecule has 1 unspecified atom stereocenters. The van der Waals surface area contributed by atoms with Gasteiger partial charge in [-0.1, -0.05) is 40.5 Å². The molecule has 2 N–H and O–H groups in total. The van der Waals surface area contributed by atoms with E-state index in [9.17, 15) is 0 Å². The molecule has 0 saturated carbocycles. The molecule has 104 valence electrons. The van der Waals surface area contributed by atoms with Gasteiger partial charge in [-0.2, -0.15) is 0 Å². The van der Waals surface area contributed by atoms with E-state index >= 15 is 0 Å². The van der Waals surface area contributed by atoms with Gasteiger partial charge in [0.1, 0.15) is 0 Å². The van der Waals surface area contributed by atoms with Gasteiger partial charge in [0.25, 0.3) is 0 Å². The predicted molar refractivity (Wildman–Crippen MR) is 78.3 cm³/mol. The second-order valence-electron chi connectivity index (χ2n) is 5.99. The quantitative estimate of drug-likeness (QED) is 0.633. The van der Waals surface area contributed by atoms with E-state index in [1.807, 2.05) is 0 Å². The Labute approximate surface area is 109 Å². The molecule has 0 aliphatic rings. The van der Waals surface area contributed by atoms with E-state index < -0.39 is 0 Å². The molecule has 0 aromatic carbocycles. The van der Waals surface area contributed by atoms with Crippen molar-refractivity contribution < 1.29 is 0 Å². The molecule has 17 heavy (non-hydrogen) atoms. The first-order valence-electron chi connectivity index (χ1n) is 7.45. The molecular formula is C15H34N2. The molecule has 0 bridgehead atoms. The van der Waals surface area contributed by atoms with E-state index in [0.29, 0.717) is 5.92 Å². The molecule has 0 aliphatic heterocycles. The lowest BCUT2D eigenvalue weighted by Gasteiger charge is -2.42. The fourth-order valence-electron chi connectivity index (χ4n) is 2.57. The minimum atomic E-state index is 0.193. The first-order valence-corrected chi connectivity index (χ1v) is 7.45. The van der Waals surface area contributed by atoms with Crippen LogP contribution in [0.25, 0.3) is 0 Å². The van der Waals surface area contributed by atoms with Crippen LogP contribution in [0.15, 0.2) is 0 Å². The highest BCUT2D eigenvalue weighted by Gasteiger charge is 2.30. The van der Waals surface area contributed by atoms with Crippen LogP contribution in [0.2, 0.25) is 0 Å². The monoisotopic (exact) mass is 242 g/mol. The summed E-state index contributed by atoms with van der Waals surface area (Å²) in [7, 11) is 0. The number of hydrogen-bond donors (Lipinski definition) is 1. The summed E-state index contributed by atoms with van der Waals surface area (Å²) in [6.07, 6.45) is 6.32. The highest BCUT2D eigenvalue weighted by atomic mass is 15.2. The third kappa shape index (κ3) is 6.42. The molecule has 0 fully saturated rings. The molecule has 0 saturated heterocycles. The second kappa shape index (κ2) is 8.93. The van der Waals surface area contributed by atoms with E-state index in [2.05, 4.69) is 39.5 Å². The highest BCUT2D eigenvalue weighted by molar-refractivity contribution is 4.88. The van der Waals surface area contributed by atoms with Crippen molar-refractivity contribution in [3.63, 3.8) is 0 Å². The Morgan fingerprint density at radius 3 is 1.82 bits per heavy atom. The number of hydrogen-bond acceptors (Lipinski definition) is 2. The summed E-state index contributed by atoms with van der Waals surface area (Å²) >= 11 is 0. The molecular weight excluding hydrogens is 208 g/mol. The van der Waals surface area contributed by atoms with Crippen molar-refractivity contribution in [3.8, 4) is 0 Å². The summed E-state index contributed by atoms with van der Waals surface area (Å²) < 4.78 is 0. The van der Waals surface area contributed by atoms with Crippen LogP contribution in [-0.2, 0) is 0 Å². The molecule has 0 spiro atoms. The second-order valence-corrected chi connectivity index (χ2v) is 5.99. The van der Waals surface area contributed by atoms with Gasteiger partial charge in [0.2, 0.25) is 0 Å². The van der Waals surface area contributed by atoms with E-state index in [1.54, 1.807) is 0 Å². The Bertz CT molecular complexity index is 172. The highest BCUT2D eigenvalue weighted by Crippen LogP contribution is 2.24. The Hall–Kier alpha value is -0.0800. The molecule has 0 aromatic heterocycles. The smallest absolute Gasteiger partial charge is 0.0306 e. The Morgan fingerprint density at radius 1 is 1.06 bits per heavy atom. The van der Waals surface area contributed by atoms with Crippen LogP contribution in [0, 0.1) is 5.92 Å². The zero-order valence-corrected chi connectivity index (χ0v) is 12.8. The maximum atomic E-state index is 6.06. The van der Waals surface area contributed by atoms with Crippen LogP contribution in [0.4, 0.5) is 0 Å². The van der Waals surface area contributed by atoms with Crippen LogP contribution in [0.3, 0.4) is 0 Å². The molecule has 0 aliphatic carbocycles. The minimum absolute atomic E-state index is 0.193. The van der Waals surface area contributed by atoms with E-state index in [0.717, 1.165) is 6.54 Å². The van der Waals surface area contributed by atoms with Crippen molar-refractivity contribution >= 4 is 0 Å². The summed E-state index contributed by atoms with van der Waals surface area (Å²) in [4.78, 5) is 2.64. The standard InChI is InChI=1S/C15H34N2/c1-6-8-10-17(11-9-7-2)15(5,13-16)12-14(3)4/h14H,6-13,16H2,1-5H3. The molecule has 2 heteroatoms. The van der Waals surface area contributed by atoms with Crippen LogP contribution >= 0.6 is 0 Å². The first-order chi connectivity index (χ1) is 8.00. The van der Waals surface area contributed by atoms with Crippen molar-refractivity contribution in [1.82, 2.24) is 4.90 Å². The molecule has 0 heterocycles. The number of nitrogens with two attached hydrogens (primary N) is 1. The fraction of sp³-hybridized carbons (Fsp3) is 1.00. The molecule has 0 radical (unpaired) electrons. The van der Waals surface area contributed by atoms with Gasteiger partial charge in [-0.15, -0.1) is 0 Å². The summed E-state index contributed by atoms with van der Waals surface area (Å²) in [6, 6.07) is 0. The number of nitrogens with zero attached hydrogens (tertiary/aromatic N) is 1. The average molecular weight is 242 g/mol. The molecule has 0 rings (SSSR count). The number of rotatable bonds is 10. The normalized spacial score (nSPS) is 15.5. The maximum Gasteiger partial charge on any atom is 0.0306 e. The van der Waals surface area contributed by atoms with Crippen molar-refractivity contribution in [2.75, 3.05) is 19.6 Å². The summed E-state index contributed by atoms with van der Waals surface area (Å²) in [5.41, 5.74) is 6.25. The van der Waals surface area contributed by atoms with Crippen molar-refractivity contribution in [3.05, 3.63) is 0 Å². The molecule has 1 atom stereocenters. The lowest BCUT2D eigenvalue weighted by Crippen LogP contribution is -2.53. The van der Waals surface area contributed by atoms with Gasteiger partial charge in [0, 0.05) is 12.1 Å². The summed E-state index contributed by atoms with van der Waals surface area (Å²) in [5, 5.41) is 0. The van der Waals surface area contributed by atoms with Gasteiger partial charge >= 0.3 is 0 Å². The topological polar surface area (TPSA) is 29.3 Å². The fourth-order valence-corrected chi connectivity index (χ4v) is 2.57. The number of unbranched alkanes of at least 4 members (excludes halogenated alkanes) is 2. The SMILES string of the molecule is CCCCN(CCCC)C(C)(CN)CC(C)C. The maximum absolute atomic E-state index is 6.06. The molecule has 0 amide bonds. The van der Waals surface area contributed by atoms with Gasteiger partial charge in [0.15, 0.2) is 0 Å². The Morgan fingerprint density at radius 2 is 1.53 bits per heavy atom. The third-order valence-corrected chi connectivity index (χ3v) is 3.61. The molecule has 0 aromatic rings. The van der Waals surface area contributed by atoms with Crippen molar-refractivity contribution in [2.45, 2.75) is 72.3 Å². The van der Waals surface area contributed by atoms with Gasteiger partial charge < -0.3 is 5.73 Å². The summed E-state index contributed by atoms with van der Waals surface area (Å²) in [6.45, 7) is 14.7. The zero-order chi connectivity index (χ0) is 13.3. The van der Waals surface area contributed by atoms with Crippen molar-refractivity contribution in [1.29, 1.82) is 0 Å². The van der Waals surface area contributed by atoms with Crippen LogP contribution in [0.1, 0.15) is 66.7 Å². The Kier molecular flexibility index (Phi) is 8.89. The largest absolute Gasteiger partial charge is 0.329 e. The third-order valence-electron chi connectivity index (χ3n) is 3.61. The molecule has 2 nitrogen and oxygen atoms in total. The van der Waals surface area contributed by atoms with E-state index in [1.165, 1.54) is 45.2 Å². The van der Waals surface area contributed by atoms with E-state index in [-0.39, 0.29) is 5.54 Å². The summed E-state index contributed by atoms with van der Waals surface area (Å²) in [5.74, 6) is 0.717. The lowest BCUT2D eigenvalue weighted by atomic mass is 9.88. The predicted octanol–water partition coefficient (Wildman–Crippen LogP) is 3.65. The van der Waals surface area contributed by atoms with Crippen LogP contribution < -0.4 is 5.73 Å². The van der Waals surface area contributed by atoms with Gasteiger partial charge in [-0.05, 0) is 45.2 Å². The Balaban J connectivity index is 4.55. The van der Waals surface area contributed by atoms with E-state index in [4.69, 9.17) is 5.73 Å². The van der Waals surface area contributed by atoms with Gasteiger partial charge in [-0.3, -0.25) is 4.90 Å². The average Bonchev–Trinajstić information content (AvgIpc) is 2.28. The first kappa shape index (κ1) is 16.9. The van der Waals surface area contributed by atoms with Crippen molar-refractivity contribution in [2.24, 2.45) is 11.7 Å². The van der Waals surface area contributed by atoms with Gasteiger partial charge in [-0.25, -0.2) is 0 Å². The minimum Gasteiger partial charge on any atom is -0.329 e. The zero-order valence-electron chi connectivity index (χ0n) is 12.8. The van der Waals surface area contributed by atoms with Crippen LogP contribution in [-0.4, -0.2) is 30.1 Å². The lowest BCUT2D eigenvalue weighted by molar-refractivity contribution is 0.0854. The van der Waals surface area contributed by atoms with Crippen LogP contribution in [0.5, 0.6) is 0 Å².